The zero-order valence-corrected chi connectivity index (χ0v) is 16.1. The van der Waals surface area contributed by atoms with E-state index in [9.17, 15) is 4.79 Å². The predicted octanol–water partition coefficient (Wildman–Crippen LogP) is 3.35. The Morgan fingerprint density at radius 2 is 1.89 bits per heavy atom. The Morgan fingerprint density at radius 3 is 2.54 bits per heavy atom. The summed E-state index contributed by atoms with van der Waals surface area (Å²) in [7, 11) is 0. The number of tetrazole rings is 1. The molecule has 7 heteroatoms. The fourth-order valence-corrected chi connectivity index (χ4v) is 3.69. The number of amides is 1. The van der Waals surface area contributed by atoms with Gasteiger partial charge in [0, 0.05) is 12.1 Å². The summed E-state index contributed by atoms with van der Waals surface area (Å²) in [4.78, 5) is 15.1. The Hall–Kier alpha value is -3.22. The Labute approximate surface area is 163 Å². The quantitative estimate of drug-likeness (QED) is 0.682. The van der Waals surface area contributed by atoms with Crippen LogP contribution in [0.4, 0.5) is 0 Å². The zero-order chi connectivity index (χ0) is 19.5. The average Bonchev–Trinajstić information content (AvgIpc) is 3.38. The molecule has 0 radical (unpaired) electrons. The van der Waals surface area contributed by atoms with Crippen LogP contribution < -0.4 is 4.74 Å². The fourth-order valence-electron chi connectivity index (χ4n) is 3.69. The van der Waals surface area contributed by atoms with E-state index in [1.165, 1.54) is 0 Å². The number of carbonyl (C=O) groups excluding carboxylic acids is 1. The molecule has 1 aromatic heterocycles. The number of benzene rings is 2. The normalized spacial score (nSPS) is 16.4. The molecular formula is C21H23N5O2. The van der Waals surface area contributed by atoms with Gasteiger partial charge in [0.05, 0.1) is 18.3 Å². The van der Waals surface area contributed by atoms with Crippen molar-refractivity contribution in [3.8, 4) is 11.4 Å². The lowest BCUT2D eigenvalue weighted by atomic mass is 10.0. The average molecular weight is 377 g/mol. The number of aryl methyl sites for hydroxylation is 1. The molecular weight excluding hydrogens is 354 g/mol. The molecule has 144 valence electrons. The van der Waals surface area contributed by atoms with Crippen LogP contribution in [-0.4, -0.2) is 44.2 Å². The highest BCUT2D eigenvalue weighted by molar-refractivity contribution is 5.94. The first-order valence-corrected chi connectivity index (χ1v) is 9.56. The third-order valence-corrected chi connectivity index (χ3v) is 5.07. The van der Waals surface area contributed by atoms with Crippen molar-refractivity contribution >= 4 is 5.91 Å². The molecule has 2 aromatic carbocycles. The summed E-state index contributed by atoms with van der Waals surface area (Å²) < 4.78 is 7.17. The van der Waals surface area contributed by atoms with Crippen molar-refractivity contribution in [1.82, 2.24) is 25.1 Å². The molecule has 1 unspecified atom stereocenters. The van der Waals surface area contributed by atoms with E-state index in [4.69, 9.17) is 4.74 Å². The lowest BCUT2D eigenvalue weighted by Crippen LogP contribution is -2.30. The third-order valence-electron chi connectivity index (χ3n) is 5.07. The molecule has 1 amide bonds. The van der Waals surface area contributed by atoms with Crippen LogP contribution in [0, 0.1) is 6.92 Å². The van der Waals surface area contributed by atoms with Gasteiger partial charge in [-0.25, -0.2) is 0 Å². The van der Waals surface area contributed by atoms with Crippen LogP contribution in [0.15, 0.2) is 48.5 Å². The van der Waals surface area contributed by atoms with Gasteiger partial charge in [-0.15, -0.1) is 5.10 Å². The van der Waals surface area contributed by atoms with Gasteiger partial charge in [0.25, 0.3) is 5.91 Å². The zero-order valence-electron chi connectivity index (χ0n) is 16.1. The summed E-state index contributed by atoms with van der Waals surface area (Å²) in [5.74, 6) is 1.61. The van der Waals surface area contributed by atoms with Crippen molar-refractivity contribution in [3.05, 3.63) is 65.5 Å². The van der Waals surface area contributed by atoms with Crippen LogP contribution in [0.1, 0.15) is 47.6 Å². The minimum Gasteiger partial charge on any atom is -0.494 e. The minimum absolute atomic E-state index is 0.0522. The van der Waals surface area contributed by atoms with E-state index in [1.807, 2.05) is 55.1 Å². The molecule has 2 heterocycles. The second kappa shape index (κ2) is 7.80. The van der Waals surface area contributed by atoms with Crippen LogP contribution in [0.3, 0.4) is 0 Å². The Kier molecular flexibility index (Phi) is 5.06. The van der Waals surface area contributed by atoms with E-state index >= 15 is 0 Å². The van der Waals surface area contributed by atoms with Gasteiger partial charge in [-0.3, -0.25) is 4.79 Å². The molecule has 0 spiro atoms. The molecule has 0 N–H and O–H groups in total. The van der Waals surface area contributed by atoms with Gasteiger partial charge in [0.2, 0.25) is 0 Å². The van der Waals surface area contributed by atoms with Crippen LogP contribution >= 0.6 is 0 Å². The largest absolute Gasteiger partial charge is 0.494 e. The number of aromatic nitrogens is 4. The van der Waals surface area contributed by atoms with Crippen LogP contribution in [0.25, 0.3) is 5.69 Å². The Morgan fingerprint density at radius 1 is 1.14 bits per heavy atom. The number of nitrogens with zero attached hydrogens (tertiary/aromatic N) is 5. The first kappa shape index (κ1) is 18.2. The highest BCUT2D eigenvalue weighted by atomic mass is 16.5. The summed E-state index contributed by atoms with van der Waals surface area (Å²) in [5, 5.41) is 11.5. The number of hydrogen-bond donors (Lipinski definition) is 0. The van der Waals surface area contributed by atoms with Gasteiger partial charge in [0.1, 0.15) is 5.75 Å². The number of rotatable bonds is 5. The summed E-state index contributed by atoms with van der Waals surface area (Å²) in [6.07, 6.45) is 1.98. The molecule has 28 heavy (non-hydrogen) atoms. The van der Waals surface area contributed by atoms with Crippen molar-refractivity contribution < 1.29 is 9.53 Å². The molecule has 0 aliphatic carbocycles. The molecule has 1 saturated heterocycles. The standard InChI is InChI=1S/C21H23N5O2/c1-3-28-19-12-8-16(9-13-19)20-5-4-14-25(20)21(27)17-6-10-18(11-7-17)26-15(2)22-23-24-26/h6-13,20H,3-5,14H2,1-2H3. The van der Waals surface area contributed by atoms with Gasteiger partial charge in [-0.1, -0.05) is 12.1 Å². The van der Waals surface area contributed by atoms with Crippen LogP contribution in [0.5, 0.6) is 5.75 Å². The van der Waals surface area contributed by atoms with Crippen molar-refractivity contribution in [2.45, 2.75) is 32.7 Å². The number of ether oxygens (including phenoxy) is 1. The summed E-state index contributed by atoms with van der Waals surface area (Å²) >= 11 is 0. The smallest absolute Gasteiger partial charge is 0.254 e. The first-order valence-electron chi connectivity index (χ1n) is 9.56. The van der Waals surface area contributed by atoms with E-state index in [0.717, 1.165) is 36.4 Å². The lowest BCUT2D eigenvalue weighted by Gasteiger charge is -2.25. The molecule has 1 fully saturated rings. The van der Waals surface area contributed by atoms with Crippen LogP contribution in [0.2, 0.25) is 0 Å². The maximum Gasteiger partial charge on any atom is 0.254 e. The monoisotopic (exact) mass is 377 g/mol. The number of hydrogen-bond acceptors (Lipinski definition) is 5. The molecule has 0 saturated carbocycles. The van der Waals surface area contributed by atoms with Gasteiger partial charge < -0.3 is 9.64 Å². The van der Waals surface area contributed by atoms with Crippen LogP contribution in [-0.2, 0) is 0 Å². The maximum absolute atomic E-state index is 13.1. The second-order valence-electron chi connectivity index (χ2n) is 6.84. The van der Waals surface area contributed by atoms with Gasteiger partial charge in [0.15, 0.2) is 5.82 Å². The lowest BCUT2D eigenvalue weighted by molar-refractivity contribution is 0.0735. The van der Waals surface area contributed by atoms with E-state index in [0.29, 0.717) is 18.0 Å². The van der Waals surface area contributed by atoms with Crippen molar-refractivity contribution in [2.24, 2.45) is 0 Å². The number of likely N-dealkylation sites (tertiary alicyclic amines) is 1. The van der Waals surface area contributed by atoms with Crippen molar-refractivity contribution in [3.63, 3.8) is 0 Å². The van der Waals surface area contributed by atoms with E-state index in [-0.39, 0.29) is 11.9 Å². The van der Waals surface area contributed by atoms with Gasteiger partial charge in [-0.2, -0.15) is 4.68 Å². The highest BCUT2D eigenvalue weighted by Crippen LogP contribution is 2.34. The molecule has 1 atom stereocenters. The summed E-state index contributed by atoms with van der Waals surface area (Å²) in [6, 6.07) is 15.6. The predicted molar refractivity (Wildman–Crippen MR) is 105 cm³/mol. The second-order valence-corrected chi connectivity index (χ2v) is 6.84. The molecule has 1 aliphatic rings. The van der Waals surface area contributed by atoms with E-state index in [2.05, 4.69) is 27.7 Å². The topological polar surface area (TPSA) is 73.1 Å². The summed E-state index contributed by atoms with van der Waals surface area (Å²) in [6.45, 7) is 5.22. The van der Waals surface area contributed by atoms with Gasteiger partial charge >= 0.3 is 0 Å². The SMILES string of the molecule is CCOc1ccc(C2CCCN2C(=O)c2ccc(-n3nnnc3C)cc2)cc1. The van der Waals surface area contributed by atoms with E-state index < -0.39 is 0 Å². The number of carbonyl (C=O) groups is 1. The molecule has 0 bridgehead atoms. The first-order chi connectivity index (χ1) is 13.7. The summed E-state index contributed by atoms with van der Waals surface area (Å²) in [5.41, 5.74) is 2.66. The Bertz CT molecular complexity index is 950. The maximum atomic E-state index is 13.1. The third kappa shape index (κ3) is 3.47. The fraction of sp³-hybridized carbons (Fsp3) is 0.333. The molecule has 3 aromatic rings. The molecule has 4 rings (SSSR count). The van der Waals surface area contributed by atoms with Crippen molar-refractivity contribution in [2.75, 3.05) is 13.2 Å². The molecule has 1 aliphatic heterocycles. The molecule has 7 nitrogen and oxygen atoms in total. The highest BCUT2D eigenvalue weighted by Gasteiger charge is 2.30. The van der Waals surface area contributed by atoms with Gasteiger partial charge in [-0.05, 0) is 79.1 Å². The van der Waals surface area contributed by atoms with E-state index in [1.54, 1.807) is 4.68 Å². The minimum atomic E-state index is 0.0522. The Balaban J connectivity index is 1.52. The van der Waals surface area contributed by atoms with Crippen molar-refractivity contribution in [1.29, 1.82) is 0 Å².